The van der Waals surface area contributed by atoms with Gasteiger partial charge in [0, 0.05) is 19.6 Å². The van der Waals surface area contributed by atoms with Crippen LogP contribution in [-0.2, 0) is 4.79 Å². The molecule has 37 heavy (non-hydrogen) atoms. The first-order valence-electron chi connectivity index (χ1n) is 13.1. The van der Waals surface area contributed by atoms with Crippen LogP contribution in [0.1, 0.15) is 46.5 Å². The van der Waals surface area contributed by atoms with E-state index in [1.165, 1.54) is 4.52 Å². The average molecular weight is 512 g/mol. The molecule has 1 amide bonds. The fraction of sp³-hybridized carbons (Fsp3) is 0.640. The summed E-state index contributed by atoms with van der Waals surface area (Å²) in [5.41, 5.74) is 5.42. The Morgan fingerprint density at radius 2 is 1.84 bits per heavy atom. The fourth-order valence-corrected chi connectivity index (χ4v) is 5.63. The van der Waals surface area contributed by atoms with E-state index in [0.29, 0.717) is 23.4 Å². The molecular weight excluding hydrogens is 474 g/mol. The number of nitrogens with zero attached hydrogens (tertiary/aromatic N) is 7. The summed E-state index contributed by atoms with van der Waals surface area (Å²) in [4.78, 5) is 30.5. The lowest BCUT2D eigenvalue weighted by molar-refractivity contribution is -0.133. The number of aromatic nitrogens is 5. The zero-order chi connectivity index (χ0) is 26.2. The minimum absolute atomic E-state index is 0.0261. The third-order valence-electron chi connectivity index (χ3n) is 7.45. The fourth-order valence-electron chi connectivity index (χ4n) is 5.63. The molecule has 2 fully saturated rings. The van der Waals surface area contributed by atoms with Gasteiger partial charge in [-0.05, 0) is 83.5 Å². The van der Waals surface area contributed by atoms with E-state index in [2.05, 4.69) is 30.3 Å². The molecule has 2 saturated heterocycles. The van der Waals surface area contributed by atoms with Gasteiger partial charge in [-0.1, -0.05) is 0 Å². The van der Waals surface area contributed by atoms with Gasteiger partial charge < -0.3 is 30.4 Å². The van der Waals surface area contributed by atoms with Crippen molar-refractivity contribution in [1.29, 1.82) is 0 Å². The second-order valence-electron chi connectivity index (χ2n) is 11.0. The number of carbonyl (C=O) groups is 1. The van der Waals surface area contributed by atoms with E-state index in [9.17, 15) is 9.90 Å². The zero-order valence-corrected chi connectivity index (χ0v) is 21.8. The maximum absolute atomic E-state index is 13.2. The highest BCUT2D eigenvalue weighted by Crippen LogP contribution is 2.33. The molecule has 12 heteroatoms. The summed E-state index contributed by atoms with van der Waals surface area (Å²) in [6.07, 6.45) is 5.93. The summed E-state index contributed by atoms with van der Waals surface area (Å²) in [6.45, 7) is 9.88. The smallest absolute Gasteiger partial charge is 0.259 e. The highest BCUT2D eigenvalue weighted by Gasteiger charge is 2.33. The number of carbonyl (C=O) groups excluding carboxylic acids is 1. The van der Waals surface area contributed by atoms with Crippen molar-refractivity contribution >= 4 is 23.6 Å². The Kier molecular flexibility index (Phi) is 7.04. The van der Waals surface area contributed by atoms with Crippen LogP contribution in [0.2, 0.25) is 0 Å². The van der Waals surface area contributed by atoms with E-state index in [-0.39, 0.29) is 23.6 Å². The first-order valence-corrected chi connectivity index (χ1v) is 13.1. The van der Waals surface area contributed by atoms with Crippen LogP contribution < -0.4 is 11.1 Å². The van der Waals surface area contributed by atoms with Crippen LogP contribution in [0.3, 0.4) is 0 Å². The third kappa shape index (κ3) is 5.85. The highest BCUT2D eigenvalue weighted by atomic mass is 16.3. The lowest BCUT2D eigenvalue weighted by Gasteiger charge is -2.41. The van der Waals surface area contributed by atoms with Crippen LogP contribution in [0.15, 0.2) is 22.8 Å². The van der Waals surface area contributed by atoms with Gasteiger partial charge in [-0.25, -0.2) is 0 Å². The van der Waals surface area contributed by atoms with Crippen LogP contribution in [0.5, 0.6) is 0 Å². The molecule has 200 valence electrons. The number of hydrogen-bond donors (Lipinski definition) is 3. The molecule has 1 atom stereocenters. The van der Waals surface area contributed by atoms with Crippen molar-refractivity contribution in [3.8, 4) is 11.6 Å². The predicted molar refractivity (Wildman–Crippen MR) is 139 cm³/mol. The topological polar surface area (TPSA) is 151 Å². The number of likely N-dealkylation sites (tertiary alicyclic amines) is 2. The normalized spacial score (nSPS) is 19.4. The first-order chi connectivity index (χ1) is 17.7. The number of hydrogen-bond acceptors (Lipinski definition) is 10. The molecule has 3 aromatic heterocycles. The van der Waals surface area contributed by atoms with Crippen LogP contribution in [0.25, 0.3) is 17.4 Å². The number of aliphatic hydroxyl groups is 1. The summed E-state index contributed by atoms with van der Waals surface area (Å²) in [5, 5.41) is 17.5. The van der Waals surface area contributed by atoms with Crippen molar-refractivity contribution in [2.75, 3.05) is 43.8 Å². The second-order valence-corrected chi connectivity index (χ2v) is 11.0. The SMILES string of the molecule is C[C@H](Nc1nc(N)n2nc(-c3ccco3)nc2n1)C(=O)N1CCC(C2CCN(CC(C)(C)O)CC2)CC1. The van der Waals surface area contributed by atoms with Crippen LogP contribution >= 0.6 is 0 Å². The molecule has 0 bridgehead atoms. The number of nitrogen functional groups attached to an aromatic ring is 1. The number of amides is 1. The quantitative estimate of drug-likeness (QED) is 0.429. The monoisotopic (exact) mass is 511 g/mol. The van der Waals surface area contributed by atoms with Crippen molar-refractivity contribution in [2.45, 2.75) is 58.1 Å². The lowest BCUT2D eigenvalue weighted by atomic mass is 9.78. The summed E-state index contributed by atoms with van der Waals surface area (Å²) >= 11 is 0. The number of rotatable bonds is 7. The van der Waals surface area contributed by atoms with Gasteiger partial charge in [0.1, 0.15) is 6.04 Å². The molecule has 5 rings (SSSR count). The highest BCUT2D eigenvalue weighted by molar-refractivity contribution is 5.84. The maximum atomic E-state index is 13.2. The summed E-state index contributed by atoms with van der Waals surface area (Å²) in [6, 6.07) is 3.00. The van der Waals surface area contributed by atoms with Gasteiger partial charge in [0.25, 0.3) is 5.78 Å². The van der Waals surface area contributed by atoms with E-state index in [1.807, 2.05) is 25.7 Å². The van der Waals surface area contributed by atoms with Crippen LogP contribution in [0.4, 0.5) is 11.9 Å². The number of fused-ring (bicyclic) bond motifs is 1. The summed E-state index contributed by atoms with van der Waals surface area (Å²) in [5.74, 6) is 2.86. The standard InChI is InChI=1S/C25H37N9O3/c1-16(27-23-29-22(26)34-24(30-23)28-20(31-34)19-5-4-14-37-19)21(35)33-12-8-18(9-13-33)17-6-10-32(11-7-17)15-25(2,3)36/h4-5,14,16-18,36H,6-13,15H2,1-3H3,(H3,26,27,28,29,30,31)/t16-/m0/s1. The Bertz CT molecular complexity index is 1200. The van der Waals surface area contributed by atoms with Crippen LogP contribution in [-0.4, -0.2) is 89.7 Å². The number of nitrogens with one attached hydrogen (secondary N) is 1. The Morgan fingerprint density at radius 1 is 1.16 bits per heavy atom. The van der Waals surface area contributed by atoms with Gasteiger partial charge in [0.05, 0.1) is 11.9 Å². The summed E-state index contributed by atoms with van der Waals surface area (Å²) in [7, 11) is 0. The van der Waals surface area contributed by atoms with E-state index >= 15 is 0 Å². The van der Waals surface area contributed by atoms with Gasteiger partial charge in [0.15, 0.2) is 5.76 Å². The Hall–Kier alpha value is -3.25. The minimum Gasteiger partial charge on any atom is -0.461 e. The molecule has 0 radical (unpaired) electrons. The molecular formula is C25H37N9O3. The molecule has 0 saturated carbocycles. The Morgan fingerprint density at radius 3 is 2.46 bits per heavy atom. The number of anilines is 2. The molecule has 0 aliphatic carbocycles. The predicted octanol–water partition coefficient (Wildman–Crippen LogP) is 1.88. The molecule has 4 N–H and O–H groups in total. The molecule has 2 aliphatic heterocycles. The van der Waals surface area contributed by atoms with E-state index in [4.69, 9.17) is 10.2 Å². The Labute approximate surface area is 216 Å². The van der Waals surface area contributed by atoms with Gasteiger partial charge in [-0.3, -0.25) is 4.79 Å². The molecule has 2 aliphatic rings. The van der Waals surface area contributed by atoms with Crippen molar-refractivity contribution < 1.29 is 14.3 Å². The molecule has 0 aromatic carbocycles. The maximum Gasteiger partial charge on any atom is 0.259 e. The lowest BCUT2D eigenvalue weighted by Crippen LogP contribution is -2.48. The van der Waals surface area contributed by atoms with Crippen molar-refractivity contribution in [3.05, 3.63) is 18.4 Å². The number of β-amino-alcohol motifs (C(OH)–C–C–N with tert-alkyl or cyclic N) is 1. The number of furan rings is 1. The third-order valence-corrected chi connectivity index (χ3v) is 7.45. The number of nitrogens with two attached hydrogens (primary N) is 1. The van der Waals surface area contributed by atoms with E-state index in [0.717, 1.165) is 58.4 Å². The summed E-state index contributed by atoms with van der Waals surface area (Å²) < 4.78 is 6.69. The average Bonchev–Trinajstić information content (AvgIpc) is 3.54. The van der Waals surface area contributed by atoms with Crippen molar-refractivity contribution in [2.24, 2.45) is 11.8 Å². The largest absolute Gasteiger partial charge is 0.461 e. The van der Waals surface area contributed by atoms with Gasteiger partial charge in [-0.15, -0.1) is 5.10 Å². The molecule has 3 aromatic rings. The Balaban J connectivity index is 1.14. The van der Waals surface area contributed by atoms with Crippen LogP contribution in [0, 0.1) is 11.8 Å². The van der Waals surface area contributed by atoms with Crippen molar-refractivity contribution in [1.82, 2.24) is 34.4 Å². The second kappa shape index (κ2) is 10.3. The molecule has 12 nitrogen and oxygen atoms in total. The van der Waals surface area contributed by atoms with E-state index < -0.39 is 11.6 Å². The van der Waals surface area contributed by atoms with Crippen molar-refractivity contribution in [3.63, 3.8) is 0 Å². The van der Waals surface area contributed by atoms with E-state index in [1.54, 1.807) is 18.4 Å². The molecule has 0 unspecified atom stereocenters. The molecule has 5 heterocycles. The van der Waals surface area contributed by atoms with Gasteiger partial charge in [-0.2, -0.15) is 19.5 Å². The first kappa shape index (κ1) is 25.4. The van der Waals surface area contributed by atoms with Gasteiger partial charge >= 0.3 is 0 Å². The molecule has 0 spiro atoms. The number of piperidine rings is 2. The zero-order valence-electron chi connectivity index (χ0n) is 21.8. The van der Waals surface area contributed by atoms with Gasteiger partial charge in [0.2, 0.25) is 23.6 Å². The minimum atomic E-state index is -0.649.